The van der Waals surface area contributed by atoms with Gasteiger partial charge < -0.3 is 4.42 Å². The van der Waals surface area contributed by atoms with Gasteiger partial charge >= 0.3 is 0 Å². The molecule has 3 rings (SSSR count). The van der Waals surface area contributed by atoms with E-state index in [2.05, 4.69) is 15.9 Å². The van der Waals surface area contributed by atoms with Crippen molar-refractivity contribution in [3.63, 3.8) is 0 Å². The number of carbonyl (C=O) groups is 2. The largest absolute Gasteiger partial charge is 0.450 e. The molecule has 0 saturated carbocycles. The van der Waals surface area contributed by atoms with Crippen molar-refractivity contribution in [2.24, 2.45) is 0 Å². The molecule has 1 aromatic heterocycles. The minimum atomic E-state index is -0.506. The second-order valence-corrected chi connectivity index (χ2v) is 6.61. The highest BCUT2D eigenvalue weighted by Crippen LogP contribution is 2.34. The second-order valence-electron chi connectivity index (χ2n) is 4.83. The van der Waals surface area contributed by atoms with Crippen molar-refractivity contribution in [1.82, 2.24) is 4.90 Å². The molecular formula is C15H9BrN2O5S. The van der Waals surface area contributed by atoms with Gasteiger partial charge in [0.2, 0.25) is 0 Å². The number of carbonyl (C=O) groups excluding carboxylic acids is 2. The molecule has 2 heterocycles. The highest BCUT2D eigenvalue weighted by atomic mass is 79.9. The smallest absolute Gasteiger partial charge is 0.293 e. The lowest BCUT2D eigenvalue weighted by molar-refractivity contribution is -0.384. The first-order valence-electron chi connectivity index (χ1n) is 6.68. The predicted octanol–water partition coefficient (Wildman–Crippen LogP) is 4.19. The Labute approximate surface area is 148 Å². The zero-order valence-corrected chi connectivity index (χ0v) is 14.4. The lowest BCUT2D eigenvalue weighted by atomic mass is 10.2. The molecule has 0 unspecified atom stereocenters. The summed E-state index contributed by atoms with van der Waals surface area (Å²) in [5.41, 5.74) is 0.584. The molecule has 7 nitrogen and oxygen atoms in total. The zero-order valence-electron chi connectivity index (χ0n) is 12.0. The van der Waals surface area contributed by atoms with Crippen LogP contribution in [-0.2, 0) is 11.3 Å². The number of imide groups is 1. The quantitative estimate of drug-likeness (QED) is 0.427. The van der Waals surface area contributed by atoms with E-state index in [9.17, 15) is 19.7 Å². The topological polar surface area (TPSA) is 93.7 Å². The van der Waals surface area contributed by atoms with E-state index in [-0.39, 0.29) is 17.1 Å². The highest BCUT2D eigenvalue weighted by Gasteiger charge is 2.35. The van der Waals surface area contributed by atoms with E-state index >= 15 is 0 Å². The van der Waals surface area contributed by atoms with Gasteiger partial charge in [0.05, 0.1) is 16.4 Å². The van der Waals surface area contributed by atoms with Gasteiger partial charge in [-0.3, -0.25) is 24.6 Å². The number of furan rings is 1. The summed E-state index contributed by atoms with van der Waals surface area (Å²) in [4.78, 5) is 35.9. The standard InChI is InChI=1S/C15H9BrN2O5S/c16-13-6-5-11(23-13)7-12-14(19)17(15(20)24-12)8-9-1-3-10(4-2-9)18(21)22/h1-7H,8H2/b12-7-. The van der Waals surface area contributed by atoms with E-state index in [4.69, 9.17) is 4.42 Å². The summed E-state index contributed by atoms with van der Waals surface area (Å²) < 4.78 is 5.83. The van der Waals surface area contributed by atoms with Gasteiger partial charge in [0, 0.05) is 18.2 Å². The van der Waals surface area contributed by atoms with Gasteiger partial charge in [0.25, 0.3) is 16.8 Å². The summed E-state index contributed by atoms with van der Waals surface area (Å²) >= 11 is 4.00. The predicted molar refractivity (Wildman–Crippen MR) is 91.0 cm³/mol. The van der Waals surface area contributed by atoms with E-state index in [0.29, 0.717) is 16.0 Å². The zero-order chi connectivity index (χ0) is 17.3. The van der Waals surface area contributed by atoms with Crippen LogP contribution in [0.4, 0.5) is 10.5 Å². The van der Waals surface area contributed by atoms with Crippen molar-refractivity contribution < 1.29 is 18.9 Å². The maximum atomic E-state index is 12.4. The number of hydrogen-bond acceptors (Lipinski definition) is 6. The van der Waals surface area contributed by atoms with Crippen molar-refractivity contribution >= 4 is 50.6 Å². The van der Waals surface area contributed by atoms with Crippen LogP contribution in [0.1, 0.15) is 11.3 Å². The summed E-state index contributed by atoms with van der Waals surface area (Å²) in [6.07, 6.45) is 1.51. The SMILES string of the molecule is O=C1S/C(=C\c2ccc(Br)o2)C(=O)N1Cc1ccc([N+](=O)[O-])cc1. The lowest BCUT2D eigenvalue weighted by Crippen LogP contribution is -2.27. The Morgan fingerprint density at radius 1 is 1.21 bits per heavy atom. The van der Waals surface area contributed by atoms with Crippen LogP contribution < -0.4 is 0 Å². The molecule has 0 aliphatic carbocycles. The van der Waals surface area contributed by atoms with Crippen molar-refractivity contribution in [2.45, 2.75) is 6.54 Å². The van der Waals surface area contributed by atoms with E-state index in [0.717, 1.165) is 16.7 Å². The van der Waals surface area contributed by atoms with Gasteiger partial charge in [-0.05, 0) is 45.4 Å². The molecule has 0 radical (unpaired) electrons. The average Bonchev–Trinajstić information content (AvgIpc) is 3.06. The Morgan fingerprint density at radius 3 is 2.50 bits per heavy atom. The third-order valence-electron chi connectivity index (χ3n) is 3.23. The molecule has 0 N–H and O–H groups in total. The van der Waals surface area contributed by atoms with Crippen LogP contribution in [0.15, 0.2) is 50.4 Å². The average molecular weight is 409 g/mol. The molecule has 1 aliphatic heterocycles. The fourth-order valence-electron chi connectivity index (χ4n) is 2.08. The van der Waals surface area contributed by atoms with E-state index in [1.54, 1.807) is 12.1 Å². The normalized spacial score (nSPS) is 16.2. The number of rotatable bonds is 4. The number of hydrogen-bond donors (Lipinski definition) is 0. The molecule has 2 aromatic rings. The number of halogens is 1. The van der Waals surface area contributed by atoms with Crippen LogP contribution >= 0.6 is 27.7 Å². The summed E-state index contributed by atoms with van der Waals surface area (Å²) in [5, 5.41) is 10.2. The van der Waals surface area contributed by atoms with Crippen molar-refractivity contribution in [3.8, 4) is 0 Å². The first-order valence-corrected chi connectivity index (χ1v) is 8.29. The van der Waals surface area contributed by atoms with Gasteiger partial charge in [-0.15, -0.1) is 0 Å². The number of nitro groups is 1. The number of benzene rings is 1. The second kappa shape index (κ2) is 6.62. The van der Waals surface area contributed by atoms with Crippen LogP contribution in [0.3, 0.4) is 0 Å². The third-order valence-corrected chi connectivity index (χ3v) is 4.56. The van der Waals surface area contributed by atoms with Gasteiger partial charge in [-0.25, -0.2) is 0 Å². The Hall–Kier alpha value is -2.39. The summed E-state index contributed by atoms with van der Waals surface area (Å²) in [5.74, 6) is 0.0404. The lowest BCUT2D eigenvalue weighted by Gasteiger charge is -2.12. The molecular weight excluding hydrogens is 400 g/mol. The Bertz CT molecular complexity index is 859. The number of thioether (sulfide) groups is 1. The minimum absolute atomic E-state index is 0.0452. The fraction of sp³-hybridized carbons (Fsp3) is 0.0667. The van der Waals surface area contributed by atoms with E-state index < -0.39 is 16.1 Å². The van der Waals surface area contributed by atoms with Crippen molar-refractivity contribution in [1.29, 1.82) is 0 Å². The maximum absolute atomic E-state index is 12.4. The van der Waals surface area contributed by atoms with E-state index in [1.807, 2.05) is 0 Å². The molecule has 0 spiro atoms. The molecule has 0 bridgehead atoms. The number of non-ortho nitro benzene ring substituents is 1. The monoisotopic (exact) mass is 408 g/mol. The summed E-state index contributed by atoms with van der Waals surface area (Å²) in [6.45, 7) is 0.0574. The molecule has 9 heteroatoms. The van der Waals surface area contributed by atoms with Crippen LogP contribution in [0.5, 0.6) is 0 Å². The van der Waals surface area contributed by atoms with Crippen molar-refractivity contribution in [3.05, 3.63) is 67.4 Å². The van der Waals surface area contributed by atoms with Crippen LogP contribution in [-0.4, -0.2) is 21.0 Å². The molecule has 1 aliphatic rings. The molecule has 1 aromatic carbocycles. The van der Waals surface area contributed by atoms with Gasteiger partial charge in [0.15, 0.2) is 4.67 Å². The van der Waals surface area contributed by atoms with E-state index in [1.165, 1.54) is 30.3 Å². The van der Waals surface area contributed by atoms with Gasteiger partial charge in [0.1, 0.15) is 5.76 Å². The molecule has 1 saturated heterocycles. The number of nitro benzene ring substituents is 1. The van der Waals surface area contributed by atoms with Gasteiger partial charge in [-0.1, -0.05) is 12.1 Å². The van der Waals surface area contributed by atoms with Crippen molar-refractivity contribution in [2.75, 3.05) is 0 Å². The number of amides is 2. The number of nitrogens with zero attached hydrogens (tertiary/aromatic N) is 2. The Balaban J connectivity index is 1.77. The van der Waals surface area contributed by atoms with Crippen LogP contribution in [0.2, 0.25) is 0 Å². The molecule has 122 valence electrons. The minimum Gasteiger partial charge on any atom is -0.450 e. The van der Waals surface area contributed by atoms with Crippen LogP contribution in [0, 0.1) is 10.1 Å². The molecule has 1 fully saturated rings. The third kappa shape index (κ3) is 3.41. The fourth-order valence-corrected chi connectivity index (χ4v) is 3.21. The molecule has 0 atom stereocenters. The maximum Gasteiger partial charge on any atom is 0.293 e. The molecule has 24 heavy (non-hydrogen) atoms. The molecule has 2 amide bonds. The first kappa shape index (κ1) is 16.5. The Morgan fingerprint density at radius 2 is 1.92 bits per heavy atom. The summed E-state index contributed by atoms with van der Waals surface area (Å²) in [6, 6.07) is 9.08. The summed E-state index contributed by atoms with van der Waals surface area (Å²) in [7, 11) is 0. The first-order chi connectivity index (χ1) is 11.4. The highest BCUT2D eigenvalue weighted by molar-refractivity contribution is 9.10. The van der Waals surface area contributed by atoms with Gasteiger partial charge in [-0.2, -0.15) is 0 Å². The van der Waals surface area contributed by atoms with Crippen LogP contribution in [0.25, 0.3) is 6.08 Å². The Kier molecular flexibility index (Phi) is 4.54.